The molecule has 6 heteroatoms. The minimum Gasteiger partial charge on any atom is -0.462 e. The number of nitriles is 1. The third-order valence-corrected chi connectivity index (χ3v) is 7.03. The summed E-state index contributed by atoms with van der Waals surface area (Å²) in [4.78, 5) is 27.1. The fraction of sp³-hybridized carbons (Fsp3) is 0.296. The molecule has 1 aliphatic carbocycles. The Kier molecular flexibility index (Phi) is 7.21. The van der Waals surface area contributed by atoms with Crippen LogP contribution in [0, 0.1) is 11.3 Å². The highest BCUT2D eigenvalue weighted by Crippen LogP contribution is 2.39. The summed E-state index contributed by atoms with van der Waals surface area (Å²) in [5.41, 5.74) is 2.23. The van der Waals surface area contributed by atoms with Crippen LogP contribution in [0.25, 0.3) is 16.8 Å². The second kappa shape index (κ2) is 10.5. The van der Waals surface area contributed by atoms with Crippen molar-refractivity contribution in [1.82, 2.24) is 0 Å². The Balaban J connectivity index is 1.64. The van der Waals surface area contributed by atoms with Gasteiger partial charge in [0.05, 0.1) is 12.2 Å². The van der Waals surface area contributed by atoms with Gasteiger partial charge in [-0.15, -0.1) is 11.3 Å². The largest absolute Gasteiger partial charge is 0.462 e. The van der Waals surface area contributed by atoms with Gasteiger partial charge in [-0.2, -0.15) is 5.26 Å². The summed E-state index contributed by atoms with van der Waals surface area (Å²) in [5, 5.41) is 15.0. The number of fused-ring (bicyclic) bond motifs is 2. The van der Waals surface area contributed by atoms with Crippen molar-refractivity contribution in [3.8, 4) is 6.07 Å². The van der Waals surface area contributed by atoms with E-state index in [1.807, 2.05) is 55.5 Å². The molecule has 0 saturated heterocycles. The number of carbonyl (C=O) groups is 2. The molecule has 1 aliphatic rings. The molecule has 3 aromatic rings. The molecule has 1 heterocycles. The quantitative estimate of drug-likeness (QED) is 0.195. The second-order valence-corrected chi connectivity index (χ2v) is 9.20. The van der Waals surface area contributed by atoms with Crippen molar-refractivity contribution in [1.29, 1.82) is 5.26 Å². The van der Waals surface area contributed by atoms with E-state index < -0.39 is 11.9 Å². The molecular weight excluding hydrogens is 432 g/mol. The summed E-state index contributed by atoms with van der Waals surface area (Å²) < 4.78 is 5.48. The lowest BCUT2D eigenvalue weighted by Crippen LogP contribution is -2.17. The smallest absolute Gasteiger partial charge is 0.341 e. The predicted octanol–water partition coefficient (Wildman–Crippen LogP) is 6.28. The van der Waals surface area contributed by atoms with Gasteiger partial charge in [-0.05, 0) is 60.1 Å². The Morgan fingerprint density at radius 3 is 2.76 bits per heavy atom. The number of unbranched alkanes of at least 4 members (excludes halogenated alkanes) is 1. The van der Waals surface area contributed by atoms with Gasteiger partial charge >= 0.3 is 5.97 Å². The molecule has 0 fully saturated rings. The number of benzene rings is 2. The molecule has 0 saturated carbocycles. The number of ether oxygens (including phenoxy) is 1. The molecule has 33 heavy (non-hydrogen) atoms. The number of aryl methyl sites for hydroxylation is 1. The van der Waals surface area contributed by atoms with Crippen LogP contribution in [0.4, 0.5) is 5.00 Å². The molecule has 0 bridgehead atoms. The highest BCUT2D eigenvalue weighted by Gasteiger charge is 2.28. The number of thiophene rings is 1. The van der Waals surface area contributed by atoms with Gasteiger partial charge in [0.25, 0.3) is 5.91 Å². The van der Waals surface area contributed by atoms with Crippen LogP contribution < -0.4 is 5.32 Å². The van der Waals surface area contributed by atoms with E-state index in [4.69, 9.17) is 4.74 Å². The van der Waals surface area contributed by atoms with E-state index in [-0.39, 0.29) is 5.57 Å². The second-order valence-electron chi connectivity index (χ2n) is 8.10. The van der Waals surface area contributed by atoms with Gasteiger partial charge in [0, 0.05) is 4.88 Å². The molecule has 5 nitrogen and oxygen atoms in total. The minimum absolute atomic E-state index is 0.0111. The lowest BCUT2D eigenvalue weighted by Gasteiger charge is -2.12. The Morgan fingerprint density at radius 1 is 1.15 bits per heavy atom. The fourth-order valence-electron chi connectivity index (χ4n) is 4.10. The number of hydrogen-bond acceptors (Lipinski definition) is 5. The highest BCUT2D eigenvalue weighted by molar-refractivity contribution is 7.17. The number of nitrogens with zero attached hydrogens (tertiary/aromatic N) is 1. The molecule has 4 rings (SSSR count). The van der Waals surface area contributed by atoms with Crippen LogP contribution in [0.15, 0.2) is 48.0 Å². The lowest BCUT2D eigenvalue weighted by atomic mass is 9.95. The number of carbonyl (C=O) groups excluding carboxylic acids is 2. The van der Waals surface area contributed by atoms with Crippen LogP contribution >= 0.6 is 11.3 Å². The summed E-state index contributed by atoms with van der Waals surface area (Å²) in [7, 11) is 0. The van der Waals surface area contributed by atoms with E-state index in [0.29, 0.717) is 17.2 Å². The topological polar surface area (TPSA) is 79.2 Å². The summed E-state index contributed by atoms with van der Waals surface area (Å²) >= 11 is 1.43. The standard InChI is InChI=1S/C27H26N2O3S/c1-2-3-15-32-27(31)24-22-13-6-7-14-23(22)33-26(24)29-25(30)20(17-28)16-19-11-8-10-18-9-4-5-12-21(18)19/h4-5,8-12,16H,2-3,6-7,13-15H2,1H3,(H,29,30)/b20-16+. The van der Waals surface area contributed by atoms with E-state index >= 15 is 0 Å². The number of anilines is 1. The fourth-order valence-corrected chi connectivity index (χ4v) is 5.37. The molecule has 0 radical (unpaired) electrons. The molecule has 168 valence electrons. The number of hydrogen-bond donors (Lipinski definition) is 1. The molecule has 0 unspecified atom stereocenters. The first-order valence-corrected chi connectivity index (χ1v) is 12.2. The van der Waals surface area contributed by atoms with Crippen molar-refractivity contribution in [2.75, 3.05) is 11.9 Å². The molecule has 0 aliphatic heterocycles. The maximum Gasteiger partial charge on any atom is 0.341 e. The molecule has 1 aromatic heterocycles. The SMILES string of the molecule is CCCCOC(=O)c1c(NC(=O)/C(C#N)=C/c2cccc3ccccc23)sc2c1CCCC2. The minimum atomic E-state index is -0.522. The van der Waals surface area contributed by atoms with Gasteiger partial charge in [0.1, 0.15) is 16.6 Å². The van der Waals surface area contributed by atoms with Crippen LogP contribution in [0.5, 0.6) is 0 Å². The Labute approximate surface area is 197 Å². The molecule has 0 spiro atoms. The van der Waals surface area contributed by atoms with Gasteiger partial charge in [0.15, 0.2) is 0 Å². The van der Waals surface area contributed by atoms with E-state index in [2.05, 4.69) is 5.32 Å². The normalized spacial score (nSPS) is 13.3. The van der Waals surface area contributed by atoms with Crippen molar-refractivity contribution in [3.63, 3.8) is 0 Å². The maximum atomic E-state index is 13.1. The van der Waals surface area contributed by atoms with Crippen molar-refractivity contribution in [2.45, 2.75) is 45.4 Å². The summed E-state index contributed by atoms with van der Waals surface area (Å²) in [5.74, 6) is -0.915. The highest BCUT2D eigenvalue weighted by atomic mass is 32.1. The van der Waals surface area contributed by atoms with E-state index in [9.17, 15) is 14.9 Å². The van der Waals surface area contributed by atoms with Crippen LogP contribution in [-0.4, -0.2) is 18.5 Å². The number of esters is 1. The average Bonchev–Trinajstić information content (AvgIpc) is 3.20. The summed E-state index contributed by atoms with van der Waals surface area (Å²) in [6.45, 7) is 2.40. The van der Waals surface area contributed by atoms with Crippen molar-refractivity contribution >= 4 is 45.1 Å². The third-order valence-electron chi connectivity index (χ3n) is 5.82. The molecule has 2 aromatic carbocycles. The van der Waals surface area contributed by atoms with E-state index in [0.717, 1.165) is 65.3 Å². The van der Waals surface area contributed by atoms with Crippen molar-refractivity contribution < 1.29 is 14.3 Å². The number of rotatable bonds is 7. The van der Waals surface area contributed by atoms with E-state index in [1.54, 1.807) is 6.08 Å². The van der Waals surface area contributed by atoms with Crippen LogP contribution in [0.3, 0.4) is 0 Å². The Hall–Kier alpha value is -3.43. The van der Waals surface area contributed by atoms with Gasteiger partial charge in [-0.3, -0.25) is 4.79 Å². The third kappa shape index (κ3) is 4.99. The van der Waals surface area contributed by atoms with Crippen LogP contribution in [0.1, 0.15) is 59.0 Å². The Bertz CT molecular complexity index is 1260. The summed E-state index contributed by atoms with van der Waals surface area (Å²) in [6, 6.07) is 15.6. The van der Waals surface area contributed by atoms with Crippen LogP contribution in [-0.2, 0) is 22.4 Å². The molecule has 1 N–H and O–H groups in total. The number of nitrogens with one attached hydrogen (secondary N) is 1. The first-order chi connectivity index (χ1) is 16.1. The first-order valence-electron chi connectivity index (χ1n) is 11.3. The molecule has 0 atom stereocenters. The lowest BCUT2D eigenvalue weighted by molar-refractivity contribution is -0.112. The first kappa shape index (κ1) is 22.8. The zero-order valence-electron chi connectivity index (χ0n) is 18.6. The van der Waals surface area contributed by atoms with Gasteiger partial charge in [-0.1, -0.05) is 55.8 Å². The number of amides is 1. The summed E-state index contributed by atoms with van der Waals surface area (Å²) in [6.07, 6.45) is 7.10. The van der Waals surface area contributed by atoms with Gasteiger partial charge < -0.3 is 10.1 Å². The van der Waals surface area contributed by atoms with Crippen molar-refractivity contribution in [2.24, 2.45) is 0 Å². The zero-order valence-corrected chi connectivity index (χ0v) is 19.5. The van der Waals surface area contributed by atoms with Crippen molar-refractivity contribution in [3.05, 3.63) is 69.6 Å². The Morgan fingerprint density at radius 2 is 1.94 bits per heavy atom. The van der Waals surface area contributed by atoms with Crippen LogP contribution in [0.2, 0.25) is 0 Å². The average molecular weight is 459 g/mol. The van der Waals surface area contributed by atoms with E-state index in [1.165, 1.54) is 11.3 Å². The van der Waals surface area contributed by atoms with Gasteiger partial charge in [-0.25, -0.2) is 4.79 Å². The molecular formula is C27H26N2O3S. The molecule has 1 amide bonds. The van der Waals surface area contributed by atoms with Gasteiger partial charge in [0.2, 0.25) is 0 Å². The zero-order chi connectivity index (χ0) is 23.2. The maximum absolute atomic E-state index is 13.1. The monoisotopic (exact) mass is 458 g/mol. The predicted molar refractivity (Wildman–Crippen MR) is 132 cm³/mol.